The Morgan fingerprint density at radius 1 is 1.14 bits per heavy atom. The van der Waals surface area contributed by atoms with Crippen molar-refractivity contribution in [1.82, 2.24) is 4.90 Å². The van der Waals surface area contributed by atoms with Crippen molar-refractivity contribution in [2.24, 2.45) is 11.1 Å². The average molecular weight is 403 g/mol. The molecule has 0 aliphatic carbocycles. The van der Waals surface area contributed by atoms with Crippen molar-refractivity contribution in [2.75, 3.05) is 32.8 Å². The molecule has 29 heavy (non-hydrogen) atoms. The molecule has 0 aromatic heterocycles. The molecule has 1 fully saturated rings. The second-order valence-corrected chi connectivity index (χ2v) is 7.79. The molecule has 1 aromatic rings. The summed E-state index contributed by atoms with van der Waals surface area (Å²) in [7, 11) is 0. The minimum absolute atomic E-state index is 0.00444. The summed E-state index contributed by atoms with van der Waals surface area (Å²) < 4.78 is 5.18. The molecule has 0 N–H and O–H groups in total. The molecule has 5 heteroatoms. The highest BCUT2D eigenvalue weighted by Gasteiger charge is 2.26. The molecule has 1 aliphatic rings. The Morgan fingerprint density at radius 2 is 1.93 bits per heavy atom. The van der Waals surface area contributed by atoms with E-state index < -0.39 is 0 Å². The number of unbranched alkanes of at least 4 members (excludes halogenated alkanes) is 4. The lowest BCUT2D eigenvalue weighted by Gasteiger charge is -2.30. The van der Waals surface area contributed by atoms with Crippen LogP contribution in [0.4, 0.5) is 0 Å². The van der Waals surface area contributed by atoms with Crippen LogP contribution < -0.4 is 0 Å². The van der Waals surface area contributed by atoms with Crippen LogP contribution >= 0.6 is 0 Å². The molecule has 0 radical (unpaired) electrons. The van der Waals surface area contributed by atoms with E-state index in [0.717, 1.165) is 56.6 Å². The van der Waals surface area contributed by atoms with Gasteiger partial charge in [-0.25, -0.2) is 0 Å². The number of ether oxygens (including phenoxy) is 1. The number of nitrogens with zero attached hydrogens (tertiary/aromatic N) is 2. The van der Waals surface area contributed by atoms with Crippen LogP contribution in [0.5, 0.6) is 0 Å². The molecule has 0 spiro atoms. The second kappa shape index (κ2) is 14.2. The van der Waals surface area contributed by atoms with E-state index in [1.54, 1.807) is 0 Å². The van der Waals surface area contributed by atoms with E-state index in [9.17, 15) is 4.79 Å². The third kappa shape index (κ3) is 8.99. The third-order valence-electron chi connectivity index (χ3n) is 5.42. The second-order valence-electron chi connectivity index (χ2n) is 7.79. The molecule has 1 aliphatic heterocycles. The van der Waals surface area contributed by atoms with Gasteiger partial charge in [-0.2, -0.15) is 0 Å². The van der Waals surface area contributed by atoms with E-state index in [2.05, 4.69) is 29.1 Å². The fraction of sp³-hybridized carbons (Fsp3) is 0.667. The van der Waals surface area contributed by atoms with Crippen molar-refractivity contribution >= 4 is 11.7 Å². The monoisotopic (exact) mass is 402 g/mol. The summed E-state index contributed by atoms with van der Waals surface area (Å²) >= 11 is 0. The fourth-order valence-electron chi connectivity index (χ4n) is 3.77. The van der Waals surface area contributed by atoms with E-state index in [1.807, 2.05) is 25.1 Å². The Kier molecular flexibility index (Phi) is 11.4. The summed E-state index contributed by atoms with van der Waals surface area (Å²) in [4.78, 5) is 20.0. The fourth-order valence-corrected chi connectivity index (χ4v) is 3.77. The Morgan fingerprint density at radius 3 is 2.69 bits per heavy atom. The van der Waals surface area contributed by atoms with Gasteiger partial charge in [0, 0.05) is 13.1 Å². The van der Waals surface area contributed by atoms with Gasteiger partial charge in [-0.05, 0) is 44.7 Å². The number of carbonyl (C=O) groups excluding carboxylic acids is 1. The summed E-state index contributed by atoms with van der Waals surface area (Å²) in [5.74, 6) is -0.0687. The first-order valence-electron chi connectivity index (χ1n) is 11.4. The first-order chi connectivity index (χ1) is 14.2. The highest BCUT2D eigenvalue weighted by atomic mass is 16.6. The molecule has 162 valence electrons. The minimum Gasteiger partial charge on any atom is -0.466 e. The maximum absolute atomic E-state index is 12.0. The lowest BCUT2D eigenvalue weighted by Crippen LogP contribution is -2.40. The molecular formula is C24H38N2O3. The molecule has 0 bridgehead atoms. The van der Waals surface area contributed by atoms with Crippen LogP contribution in [0, 0.1) is 5.92 Å². The molecular weight excluding hydrogens is 364 g/mol. The van der Waals surface area contributed by atoms with E-state index in [0.29, 0.717) is 13.2 Å². The van der Waals surface area contributed by atoms with E-state index in [-0.39, 0.29) is 11.9 Å². The zero-order chi connectivity index (χ0) is 20.7. The van der Waals surface area contributed by atoms with Crippen molar-refractivity contribution in [2.45, 2.75) is 65.2 Å². The van der Waals surface area contributed by atoms with E-state index in [1.165, 1.54) is 25.7 Å². The highest BCUT2D eigenvalue weighted by molar-refractivity contribution is 6.00. The zero-order valence-corrected chi connectivity index (χ0v) is 18.3. The Labute approximate surface area is 176 Å². The van der Waals surface area contributed by atoms with Gasteiger partial charge < -0.3 is 9.57 Å². The third-order valence-corrected chi connectivity index (χ3v) is 5.42. The van der Waals surface area contributed by atoms with Crippen LogP contribution in [0.3, 0.4) is 0 Å². The van der Waals surface area contributed by atoms with Crippen LogP contribution in [-0.2, 0) is 14.4 Å². The van der Waals surface area contributed by atoms with Gasteiger partial charge in [-0.15, -0.1) is 0 Å². The van der Waals surface area contributed by atoms with Gasteiger partial charge in [0.1, 0.15) is 6.61 Å². The number of likely N-dealkylation sites (tertiary alicyclic amines) is 1. The normalized spacial score (nSPS) is 17.9. The summed E-state index contributed by atoms with van der Waals surface area (Å²) in [6, 6.07) is 10.3. The largest absolute Gasteiger partial charge is 0.466 e. The molecule has 1 heterocycles. The number of rotatable bonds is 13. The lowest BCUT2D eigenvalue weighted by atomic mass is 9.98. The number of hydrogen-bond acceptors (Lipinski definition) is 5. The van der Waals surface area contributed by atoms with E-state index >= 15 is 0 Å². The summed E-state index contributed by atoms with van der Waals surface area (Å²) in [5.41, 5.74) is 2.17. The van der Waals surface area contributed by atoms with Crippen molar-refractivity contribution in [3.05, 3.63) is 35.9 Å². The standard InChI is InChI=1S/C24H38N2O3/c1-3-5-6-7-11-16-23(21-13-9-8-10-14-21)25-29-19-18-26-17-12-15-22(20-26)24(27)28-4-2/h8-10,13-14,22H,3-7,11-12,15-20H2,1-2H3/b25-23-/t22-/m1/s1. The van der Waals surface area contributed by atoms with Gasteiger partial charge in [0.25, 0.3) is 0 Å². The quantitative estimate of drug-likeness (QED) is 0.201. The maximum Gasteiger partial charge on any atom is 0.310 e. The predicted octanol–water partition coefficient (Wildman–Crippen LogP) is 5.04. The highest BCUT2D eigenvalue weighted by Crippen LogP contribution is 2.18. The van der Waals surface area contributed by atoms with Gasteiger partial charge in [0.05, 0.1) is 18.2 Å². The van der Waals surface area contributed by atoms with Crippen LogP contribution in [0.15, 0.2) is 35.5 Å². The molecule has 0 amide bonds. The van der Waals surface area contributed by atoms with Gasteiger partial charge in [0.15, 0.2) is 0 Å². The number of oxime groups is 1. The zero-order valence-electron chi connectivity index (χ0n) is 18.3. The van der Waals surface area contributed by atoms with Crippen molar-refractivity contribution < 1.29 is 14.4 Å². The molecule has 1 aromatic carbocycles. The van der Waals surface area contributed by atoms with Crippen LogP contribution in [0.25, 0.3) is 0 Å². The van der Waals surface area contributed by atoms with Crippen LogP contribution in [0.1, 0.15) is 70.8 Å². The average Bonchev–Trinajstić information content (AvgIpc) is 2.76. The Hall–Kier alpha value is -1.88. The lowest BCUT2D eigenvalue weighted by molar-refractivity contribution is -0.150. The Bertz CT molecular complexity index is 603. The number of piperidine rings is 1. The molecule has 1 atom stereocenters. The topological polar surface area (TPSA) is 51.1 Å². The molecule has 0 saturated carbocycles. The summed E-state index contributed by atoms with van der Waals surface area (Å²) in [6.07, 6.45) is 9.13. The van der Waals surface area contributed by atoms with Gasteiger partial charge in [-0.1, -0.05) is 68.1 Å². The SMILES string of the molecule is CCCCCCC/C(=N/OCCN1CCC[C@@H](C(=O)OCC)C1)c1ccccc1. The van der Waals surface area contributed by atoms with Gasteiger partial charge in [-0.3, -0.25) is 9.69 Å². The molecule has 0 unspecified atom stereocenters. The number of esters is 1. The number of benzene rings is 1. The maximum atomic E-state index is 12.0. The van der Waals surface area contributed by atoms with Gasteiger partial charge >= 0.3 is 5.97 Å². The van der Waals surface area contributed by atoms with Crippen LogP contribution in [0.2, 0.25) is 0 Å². The summed E-state index contributed by atoms with van der Waals surface area (Å²) in [6.45, 7) is 7.65. The molecule has 2 rings (SSSR count). The van der Waals surface area contributed by atoms with Gasteiger partial charge in [0.2, 0.25) is 0 Å². The minimum atomic E-state index is -0.0643. The molecule has 1 saturated heterocycles. The predicted molar refractivity (Wildman–Crippen MR) is 118 cm³/mol. The summed E-state index contributed by atoms with van der Waals surface area (Å²) in [5, 5.41) is 4.48. The molecule has 5 nitrogen and oxygen atoms in total. The first-order valence-corrected chi connectivity index (χ1v) is 11.4. The Balaban J connectivity index is 1.79. The van der Waals surface area contributed by atoms with Crippen molar-refractivity contribution in [3.8, 4) is 0 Å². The van der Waals surface area contributed by atoms with Crippen molar-refractivity contribution in [1.29, 1.82) is 0 Å². The smallest absolute Gasteiger partial charge is 0.310 e. The number of hydrogen-bond donors (Lipinski definition) is 0. The number of carbonyl (C=O) groups is 1. The van der Waals surface area contributed by atoms with Crippen LogP contribution in [-0.4, -0.2) is 49.4 Å². The first kappa shape index (κ1) is 23.4. The van der Waals surface area contributed by atoms with Crippen molar-refractivity contribution in [3.63, 3.8) is 0 Å². The van der Waals surface area contributed by atoms with E-state index in [4.69, 9.17) is 9.57 Å².